The van der Waals surface area contributed by atoms with Crippen molar-refractivity contribution in [2.24, 2.45) is 7.05 Å². The second-order valence-electron chi connectivity index (χ2n) is 12.2. The highest BCUT2D eigenvalue weighted by Crippen LogP contribution is 2.37. The Bertz CT molecular complexity index is 2320. The van der Waals surface area contributed by atoms with E-state index in [-0.39, 0.29) is 50.4 Å². The van der Waals surface area contributed by atoms with Crippen LogP contribution in [0.1, 0.15) is 65.3 Å². The SMILES string of the molecule is CCOC(=O)/C(Cl)=C/c1cc(N2C(=O)C3=C(CCCC3)C2=O)ccc1Cl.Cc1ccc(S(=O)(=O)Oc2c(C(=O)c3ccc(Cl)cc3Cl)c(C)nn2C)cc1. The minimum atomic E-state index is -4.16. The van der Waals surface area contributed by atoms with Crippen LogP contribution < -0.4 is 9.08 Å². The maximum Gasteiger partial charge on any atom is 0.349 e. The van der Waals surface area contributed by atoms with Crippen molar-refractivity contribution in [3.63, 3.8) is 0 Å². The van der Waals surface area contributed by atoms with Crippen molar-refractivity contribution in [2.45, 2.75) is 51.3 Å². The molecule has 282 valence electrons. The number of carbonyl (C=O) groups excluding carboxylic acids is 4. The Labute approximate surface area is 332 Å². The molecule has 0 fully saturated rings. The molecule has 1 aliphatic carbocycles. The summed E-state index contributed by atoms with van der Waals surface area (Å²) in [6.07, 6.45) is 4.45. The fourth-order valence-corrected chi connectivity index (χ4v) is 7.61. The molecule has 2 amide bonds. The number of ketones is 1. The van der Waals surface area contributed by atoms with Crippen LogP contribution in [0, 0.1) is 13.8 Å². The predicted molar refractivity (Wildman–Crippen MR) is 207 cm³/mol. The Kier molecular flexibility index (Phi) is 12.8. The molecule has 0 saturated carbocycles. The van der Waals surface area contributed by atoms with Crippen molar-refractivity contribution in [3.8, 4) is 5.88 Å². The van der Waals surface area contributed by atoms with Crippen LogP contribution in [-0.4, -0.2) is 48.4 Å². The first-order valence-corrected chi connectivity index (χ1v) is 19.4. The van der Waals surface area contributed by atoms with Crippen LogP contribution in [0.5, 0.6) is 5.88 Å². The van der Waals surface area contributed by atoms with Crippen LogP contribution >= 0.6 is 46.4 Å². The number of hydrogen-bond acceptors (Lipinski definition) is 9. The monoisotopic (exact) mass is 831 g/mol. The minimum absolute atomic E-state index is 0.0161. The summed E-state index contributed by atoms with van der Waals surface area (Å²) in [7, 11) is -2.67. The molecule has 54 heavy (non-hydrogen) atoms. The normalized spacial score (nSPS) is 14.4. The van der Waals surface area contributed by atoms with Crippen molar-refractivity contribution in [1.82, 2.24) is 9.78 Å². The van der Waals surface area contributed by atoms with Gasteiger partial charge in [0, 0.05) is 33.8 Å². The first kappa shape index (κ1) is 40.7. The lowest BCUT2D eigenvalue weighted by Gasteiger charge is -2.16. The topological polar surface area (TPSA) is 142 Å². The van der Waals surface area contributed by atoms with E-state index in [2.05, 4.69) is 5.10 Å². The van der Waals surface area contributed by atoms with Crippen molar-refractivity contribution in [2.75, 3.05) is 11.5 Å². The van der Waals surface area contributed by atoms with E-state index in [0.717, 1.165) is 18.4 Å². The van der Waals surface area contributed by atoms with Crippen molar-refractivity contribution in [1.29, 1.82) is 0 Å². The minimum Gasteiger partial charge on any atom is -0.462 e. The van der Waals surface area contributed by atoms with Gasteiger partial charge < -0.3 is 8.92 Å². The van der Waals surface area contributed by atoms with Crippen LogP contribution in [0.4, 0.5) is 5.69 Å². The van der Waals surface area contributed by atoms with Gasteiger partial charge in [0.15, 0.2) is 0 Å². The molecule has 4 aromatic rings. The molecule has 6 rings (SSSR count). The highest BCUT2D eigenvalue weighted by atomic mass is 35.5. The zero-order valence-electron chi connectivity index (χ0n) is 29.4. The van der Waals surface area contributed by atoms with Gasteiger partial charge in [-0.25, -0.2) is 14.4 Å². The number of rotatable bonds is 9. The van der Waals surface area contributed by atoms with Gasteiger partial charge in [-0.15, -0.1) is 0 Å². The predicted octanol–water partition coefficient (Wildman–Crippen LogP) is 8.57. The van der Waals surface area contributed by atoms with E-state index >= 15 is 0 Å². The molecule has 1 aliphatic heterocycles. The van der Waals surface area contributed by atoms with Gasteiger partial charge in [-0.3, -0.25) is 14.4 Å². The van der Waals surface area contributed by atoms with Crippen molar-refractivity contribution < 1.29 is 36.5 Å². The highest BCUT2D eigenvalue weighted by molar-refractivity contribution is 7.87. The summed E-state index contributed by atoms with van der Waals surface area (Å²) in [4.78, 5) is 51.2. The molecule has 0 unspecified atom stereocenters. The van der Waals surface area contributed by atoms with Gasteiger partial charge >= 0.3 is 16.1 Å². The molecule has 1 aromatic heterocycles. The number of anilines is 1. The first-order valence-electron chi connectivity index (χ1n) is 16.5. The van der Waals surface area contributed by atoms with Crippen LogP contribution in [0.2, 0.25) is 15.1 Å². The third kappa shape index (κ3) is 8.74. The molecule has 0 bridgehead atoms. The maximum atomic E-state index is 13.0. The lowest BCUT2D eigenvalue weighted by molar-refractivity contribution is -0.137. The molecule has 0 saturated heterocycles. The quantitative estimate of drug-likeness (QED) is 0.0533. The van der Waals surface area contributed by atoms with Gasteiger partial charge in [0.1, 0.15) is 15.5 Å². The van der Waals surface area contributed by atoms with Crippen LogP contribution in [0.3, 0.4) is 0 Å². The Hall–Kier alpha value is -4.46. The number of nitrogens with zero attached hydrogens (tertiary/aromatic N) is 3. The molecule has 11 nitrogen and oxygen atoms in total. The molecular formula is C38H33Cl4N3O8S. The Morgan fingerprint density at radius 1 is 0.889 bits per heavy atom. The molecule has 0 atom stereocenters. The lowest BCUT2D eigenvalue weighted by Crippen LogP contribution is -2.31. The Balaban J connectivity index is 0.000000208. The first-order chi connectivity index (χ1) is 25.5. The number of carbonyl (C=O) groups is 4. The van der Waals surface area contributed by atoms with E-state index in [1.54, 1.807) is 44.2 Å². The molecule has 2 aliphatic rings. The van der Waals surface area contributed by atoms with Crippen molar-refractivity contribution in [3.05, 3.63) is 120 Å². The Morgan fingerprint density at radius 2 is 1.52 bits per heavy atom. The third-order valence-corrected chi connectivity index (χ3v) is 10.8. The number of aromatic nitrogens is 2. The van der Waals surface area contributed by atoms with Gasteiger partial charge in [-0.2, -0.15) is 13.5 Å². The lowest BCUT2D eigenvalue weighted by atomic mass is 9.93. The van der Waals surface area contributed by atoms with E-state index in [9.17, 15) is 27.6 Å². The van der Waals surface area contributed by atoms with E-state index in [0.29, 0.717) is 51.0 Å². The molecule has 2 heterocycles. The van der Waals surface area contributed by atoms with Gasteiger partial charge in [-0.05, 0) is 107 Å². The summed E-state index contributed by atoms with van der Waals surface area (Å²) in [5.41, 5.74) is 3.44. The van der Waals surface area contributed by atoms with E-state index in [1.807, 2.05) is 6.92 Å². The Morgan fingerprint density at radius 3 is 2.11 bits per heavy atom. The van der Waals surface area contributed by atoms with E-state index in [4.69, 9.17) is 55.3 Å². The number of amides is 2. The second kappa shape index (κ2) is 16.9. The summed E-state index contributed by atoms with van der Waals surface area (Å²) in [6, 6.07) is 15.4. The number of esters is 1. The number of halogens is 4. The molecule has 16 heteroatoms. The summed E-state index contributed by atoms with van der Waals surface area (Å²) in [5, 5.41) is 4.86. The van der Waals surface area contributed by atoms with Gasteiger partial charge in [-0.1, -0.05) is 64.1 Å². The van der Waals surface area contributed by atoms with E-state index in [1.165, 1.54) is 53.0 Å². The zero-order valence-corrected chi connectivity index (χ0v) is 33.3. The van der Waals surface area contributed by atoms with Crippen LogP contribution in [0.15, 0.2) is 81.7 Å². The van der Waals surface area contributed by atoms with Gasteiger partial charge in [0.25, 0.3) is 11.8 Å². The zero-order chi connectivity index (χ0) is 39.5. The highest BCUT2D eigenvalue weighted by Gasteiger charge is 2.39. The number of imide groups is 1. The fraction of sp³-hybridized carbons (Fsp3) is 0.237. The molecule has 3 aromatic carbocycles. The summed E-state index contributed by atoms with van der Waals surface area (Å²) >= 11 is 24.1. The van der Waals surface area contributed by atoms with Crippen LogP contribution in [-0.2, 0) is 36.3 Å². The van der Waals surface area contributed by atoms with Crippen LogP contribution in [0.25, 0.3) is 6.08 Å². The van der Waals surface area contributed by atoms with Crippen molar-refractivity contribution >= 4 is 91.9 Å². The van der Waals surface area contributed by atoms with E-state index < -0.39 is 21.9 Å². The second-order valence-corrected chi connectivity index (χ2v) is 15.4. The molecule has 0 radical (unpaired) electrons. The maximum absolute atomic E-state index is 13.0. The molecular weight excluding hydrogens is 800 g/mol. The average molecular weight is 834 g/mol. The van der Waals surface area contributed by atoms with Gasteiger partial charge in [0.05, 0.1) is 23.0 Å². The van der Waals surface area contributed by atoms with Gasteiger partial charge in [0.2, 0.25) is 11.7 Å². The number of aryl methyl sites for hydroxylation is 3. The molecule has 0 N–H and O–H groups in total. The average Bonchev–Trinajstić information content (AvgIpc) is 3.54. The largest absolute Gasteiger partial charge is 0.462 e. The fourth-order valence-electron chi connectivity index (χ4n) is 5.81. The number of ether oxygens (including phenoxy) is 1. The summed E-state index contributed by atoms with van der Waals surface area (Å²) in [6.45, 7) is 5.30. The smallest absolute Gasteiger partial charge is 0.349 e. The number of benzene rings is 3. The third-order valence-electron chi connectivity index (χ3n) is 8.45. The molecule has 0 spiro atoms. The standard InChI is InChI=1S/C19H16Cl2N2O4S.C19H17Cl2NO4/c1-11-4-7-14(8-5-11)28(25,26)27-19-17(12(2)22-23(19)3)18(24)15-9-6-13(20)10-16(15)21;1-2-26-19(25)16(21)10-11-9-12(7-8-15(11)20)22-17(23)13-5-3-4-6-14(13)18(22)24/h4-10H,1-3H3;7-10H,2-6H2,1H3/b;16-10-. The number of hydrogen-bond donors (Lipinski definition) is 0. The summed E-state index contributed by atoms with van der Waals surface area (Å²) < 4.78 is 36.7. The summed E-state index contributed by atoms with van der Waals surface area (Å²) in [5.74, 6) is -1.92.